The van der Waals surface area contributed by atoms with Gasteiger partial charge in [-0.05, 0) is 38.3 Å². The molecule has 1 aliphatic carbocycles. The monoisotopic (exact) mass is 267 g/mol. The van der Waals surface area contributed by atoms with Gasteiger partial charge in [0, 0.05) is 5.88 Å². The summed E-state index contributed by atoms with van der Waals surface area (Å²) in [6.07, 6.45) is 3.03. The number of carbonyl (C=O) groups excluding carboxylic acids is 1. The molecule has 0 radical (unpaired) electrons. The second-order valence-electron chi connectivity index (χ2n) is 4.93. The van der Waals surface area contributed by atoms with Gasteiger partial charge in [-0.1, -0.05) is 11.6 Å². The van der Waals surface area contributed by atoms with E-state index < -0.39 is 0 Å². The molecule has 0 saturated heterocycles. The summed E-state index contributed by atoms with van der Waals surface area (Å²) in [5.74, 6) is 0.963. The van der Waals surface area contributed by atoms with E-state index in [0.29, 0.717) is 17.2 Å². The molecule has 0 aliphatic heterocycles. The normalized spacial score (nSPS) is 16.8. The lowest BCUT2D eigenvalue weighted by Crippen LogP contribution is -2.55. The predicted molar refractivity (Wildman–Crippen MR) is 72.5 cm³/mol. The van der Waals surface area contributed by atoms with Crippen LogP contribution < -0.4 is 10.1 Å². The number of hydrogen-bond acceptors (Lipinski definition) is 2. The number of methoxy groups -OCH3 is 1. The van der Waals surface area contributed by atoms with Crippen LogP contribution in [0.4, 0.5) is 0 Å². The van der Waals surface area contributed by atoms with Gasteiger partial charge in [-0.25, -0.2) is 0 Å². The van der Waals surface area contributed by atoms with Crippen molar-refractivity contribution in [3.05, 3.63) is 29.3 Å². The summed E-state index contributed by atoms with van der Waals surface area (Å²) in [4.78, 5) is 12.3. The molecule has 0 bridgehead atoms. The summed E-state index contributed by atoms with van der Waals surface area (Å²) >= 11 is 5.95. The smallest absolute Gasteiger partial charge is 0.255 e. The summed E-state index contributed by atoms with van der Waals surface area (Å²) < 4.78 is 5.23. The lowest BCUT2D eigenvalue weighted by Gasteiger charge is -2.41. The summed E-state index contributed by atoms with van der Waals surface area (Å²) in [6.45, 7) is 1.96. The zero-order valence-electron chi connectivity index (χ0n) is 10.8. The lowest BCUT2D eigenvalue weighted by molar-refractivity contribution is 0.0850. The maximum atomic E-state index is 12.3. The van der Waals surface area contributed by atoms with Crippen LogP contribution in [0.15, 0.2) is 18.2 Å². The van der Waals surface area contributed by atoms with E-state index in [0.717, 1.165) is 24.8 Å². The maximum Gasteiger partial charge on any atom is 0.255 e. The van der Waals surface area contributed by atoms with Gasteiger partial charge >= 0.3 is 0 Å². The summed E-state index contributed by atoms with van der Waals surface area (Å²) in [5, 5.41) is 3.05. The van der Waals surface area contributed by atoms with Gasteiger partial charge in [-0.15, -0.1) is 11.6 Å². The summed E-state index contributed by atoms with van der Waals surface area (Å²) in [7, 11) is 1.57. The van der Waals surface area contributed by atoms with Crippen molar-refractivity contribution in [2.45, 2.75) is 31.7 Å². The number of carbonyl (C=O) groups is 1. The molecule has 0 unspecified atom stereocenters. The fourth-order valence-corrected chi connectivity index (χ4v) is 2.54. The van der Waals surface area contributed by atoms with Crippen molar-refractivity contribution in [1.82, 2.24) is 5.32 Å². The van der Waals surface area contributed by atoms with Gasteiger partial charge in [0.25, 0.3) is 5.91 Å². The molecule has 0 atom stereocenters. The fourth-order valence-electron chi connectivity index (χ4n) is 2.20. The Labute approximate surface area is 112 Å². The van der Waals surface area contributed by atoms with Crippen molar-refractivity contribution in [3.63, 3.8) is 0 Å². The molecule has 2 rings (SSSR count). The molecule has 1 aromatic rings. The van der Waals surface area contributed by atoms with Crippen LogP contribution in [0.5, 0.6) is 5.75 Å². The van der Waals surface area contributed by atoms with Crippen LogP contribution in [0, 0.1) is 6.92 Å². The molecule has 0 spiro atoms. The van der Waals surface area contributed by atoms with Crippen LogP contribution in [-0.4, -0.2) is 24.4 Å². The van der Waals surface area contributed by atoms with Crippen LogP contribution in [0.1, 0.15) is 35.2 Å². The number of rotatable bonds is 4. The van der Waals surface area contributed by atoms with Crippen molar-refractivity contribution in [2.75, 3.05) is 13.0 Å². The van der Waals surface area contributed by atoms with Crippen LogP contribution >= 0.6 is 11.6 Å². The van der Waals surface area contributed by atoms with Crippen LogP contribution in [0.3, 0.4) is 0 Å². The number of amides is 1. The third-order valence-corrected chi connectivity index (χ3v) is 4.06. The predicted octanol–water partition coefficient (Wildman–Crippen LogP) is 2.89. The van der Waals surface area contributed by atoms with Gasteiger partial charge in [0.1, 0.15) is 5.75 Å². The molecule has 1 aromatic carbocycles. The van der Waals surface area contributed by atoms with E-state index in [1.165, 1.54) is 0 Å². The minimum Gasteiger partial charge on any atom is -0.496 e. The third-order valence-electron chi connectivity index (χ3n) is 3.54. The Morgan fingerprint density at radius 1 is 1.50 bits per heavy atom. The van der Waals surface area contributed by atoms with Crippen LogP contribution in [0.2, 0.25) is 0 Å². The standard InChI is InChI=1S/C14H18ClNO2/c1-10-4-5-12(18-2)11(8-10)13(17)16-14(9-15)6-3-7-14/h4-5,8H,3,6-7,9H2,1-2H3,(H,16,17). The van der Waals surface area contributed by atoms with Gasteiger partial charge in [-0.3, -0.25) is 4.79 Å². The zero-order chi connectivity index (χ0) is 13.2. The first-order valence-corrected chi connectivity index (χ1v) is 6.67. The maximum absolute atomic E-state index is 12.3. The molecule has 1 N–H and O–H groups in total. The summed E-state index contributed by atoms with van der Waals surface area (Å²) in [5.41, 5.74) is 1.40. The SMILES string of the molecule is COc1ccc(C)cc1C(=O)NC1(CCl)CCC1. The third kappa shape index (κ3) is 2.46. The highest BCUT2D eigenvalue weighted by molar-refractivity contribution is 6.19. The Balaban J connectivity index is 2.20. The Hall–Kier alpha value is -1.22. The molecule has 1 aliphatic rings. The van der Waals surface area contributed by atoms with Crippen LogP contribution in [0.25, 0.3) is 0 Å². The molecular weight excluding hydrogens is 250 g/mol. The highest BCUT2D eigenvalue weighted by Gasteiger charge is 2.38. The van der Waals surface area contributed by atoms with Crippen LogP contribution in [-0.2, 0) is 0 Å². The zero-order valence-corrected chi connectivity index (χ0v) is 11.5. The number of nitrogens with one attached hydrogen (secondary N) is 1. The first kappa shape index (κ1) is 13.2. The Morgan fingerprint density at radius 2 is 2.22 bits per heavy atom. The van der Waals surface area contributed by atoms with Gasteiger partial charge in [0.05, 0.1) is 18.2 Å². The number of benzene rings is 1. The average molecular weight is 268 g/mol. The highest BCUT2D eigenvalue weighted by atomic mass is 35.5. The number of aryl methyl sites for hydroxylation is 1. The Morgan fingerprint density at radius 3 is 2.72 bits per heavy atom. The van der Waals surface area contributed by atoms with E-state index in [1.54, 1.807) is 7.11 Å². The van der Waals surface area contributed by atoms with Crippen molar-refractivity contribution < 1.29 is 9.53 Å². The van der Waals surface area contributed by atoms with Gasteiger partial charge < -0.3 is 10.1 Å². The average Bonchev–Trinajstić information content (AvgIpc) is 2.33. The molecule has 1 fully saturated rings. The van der Waals surface area contributed by atoms with Crippen molar-refractivity contribution in [1.29, 1.82) is 0 Å². The van der Waals surface area contributed by atoms with Gasteiger partial charge in [0.2, 0.25) is 0 Å². The highest BCUT2D eigenvalue weighted by Crippen LogP contribution is 2.33. The molecule has 1 saturated carbocycles. The largest absolute Gasteiger partial charge is 0.496 e. The molecule has 4 heteroatoms. The Kier molecular flexibility index (Phi) is 3.81. The van der Waals surface area contributed by atoms with E-state index in [1.807, 2.05) is 25.1 Å². The summed E-state index contributed by atoms with van der Waals surface area (Å²) in [6, 6.07) is 5.59. The second kappa shape index (κ2) is 5.19. The van der Waals surface area contributed by atoms with E-state index >= 15 is 0 Å². The van der Waals surface area contributed by atoms with E-state index in [9.17, 15) is 4.79 Å². The van der Waals surface area contributed by atoms with Crippen molar-refractivity contribution >= 4 is 17.5 Å². The molecule has 3 nitrogen and oxygen atoms in total. The molecule has 0 heterocycles. The quantitative estimate of drug-likeness (QED) is 0.852. The number of alkyl halides is 1. The number of halogens is 1. The van der Waals surface area contributed by atoms with Gasteiger partial charge in [-0.2, -0.15) is 0 Å². The second-order valence-corrected chi connectivity index (χ2v) is 5.19. The fraction of sp³-hybridized carbons (Fsp3) is 0.500. The molecule has 98 valence electrons. The van der Waals surface area contributed by atoms with E-state index in [2.05, 4.69) is 5.32 Å². The van der Waals surface area contributed by atoms with Crippen molar-refractivity contribution in [3.8, 4) is 5.75 Å². The minimum absolute atomic E-state index is 0.101. The van der Waals surface area contributed by atoms with E-state index in [4.69, 9.17) is 16.3 Å². The number of hydrogen-bond donors (Lipinski definition) is 1. The first-order valence-electron chi connectivity index (χ1n) is 6.13. The van der Waals surface area contributed by atoms with Gasteiger partial charge in [0.15, 0.2) is 0 Å². The minimum atomic E-state index is -0.215. The molecular formula is C14H18ClNO2. The Bertz CT molecular complexity index is 450. The molecule has 1 amide bonds. The molecule has 0 aromatic heterocycles. The van der Waals surface area contributed by atoms with Crippen molar-refractivity contribution in [2.24, 2.45) is 0 Å². The lowest BCUT2D eigenvalue weighted by atomic mass is 9.78. The first-order chi connectivity index (χ1) is 8.60. The van der Waals surface area contributed by atoms with E-state index in [-0.39, 0.29) is 11.4 Å². The number of ether oxygens (including phenoxy) is 1. The topological polar surface area (TPSA) is 38.3 Å². The molecule has 18 heavy (non-hydrogen) atoms.